The summed E-state index contributed by atoms with van der Waals surface area (Å²) in [4.78, 5) is 0. The van der Waals surface area contributed by atoms with Crippen molar-refractivity contribution in [1.29, 1.82) is 0 Å². The van der Waals surface area contributed by atoms with Gasteiger partial charge in [0.15, 0.2) is 0 Å². The molecule has 0 spiro atoms. The minimum Gasteiger partial charge on any atom is -0.316 e. The predicted octanol–water partition coefficient (Wildman–Crippen LogP) is 1.64. The first kappa shape index (κ1) is 6.09. The summed E-state index contributed by atoms with van der Waals surface area (Å²) >= 11 is 0. The number of nitrogens with one attached hydrogen (secondary N) is 1. The molecule has 8 heavy (non-hydrogen) atoms. The van der Waals surface area contributed by atoms with E-state index >= 15 is 0 Å². The second-order valence-electron chi connectivity index (χ2n) is 2.62. The fourth-order valence-electron chi connectivity index (χ4n) is 1.27. The molecule has 1 N–H and O–H groups in total. The van der Waals surface area contributed by atoms with E-state index in [0.717, 1.165) is 5.92 Å². The molecule has 0 aromatic carbocycles. The monoisotopic (exact) mass is 115 g/mol. The second kappa shape index (κ2) is 3.08. The van der Waals surface area contributed by atoms with Crippen molar-refractivity contribution >= 4 is 0 Å². The van der Waals surface area contributed by atoms with Crippen LogP contribution in [0.15, 0.2) is 0 Å². The Morgan fingerprint density at radius 2 is 2.62 bits per heavy atom. The van der Waals surface area contributed by atoms with Gasteiger partial charge in [-0.25, -0.2) is 0 Å². The van der Waals surface area contributed by atoms with Crippen LogP contribution in [-0.2, 0) is 0 Å². The van der Waals surface area contributed by atoms with Crippen LogP contribution in [0.4, 0.5) is 0 Å². The standard InChI is InChI=1S/C7H15N.H2/c1-2-7-4-3-5-8-6-7;/h7-8H,2-6H2,1H3;1H/t7-;/m0./s1. The Morgan fingerprint density at radius 1 is 1.75 bits per heavy atom. The van der Waals surface area contributed by atoms with Crippen LogP contribution in [0.25, 0.3) is 0 Å². The lowest BCUT2D eigenvalue weighted by atomic mass is 9.97. The van der Waals surface area contributed by atoms with Crippen molar-refractivity contribution in [3.63, 3.8) is 0 Å². The van der Waals surface area contributed by atoms with Gasteiger partial charge < -0.3 is 5.32 Å². The summed E-state index contributed by atoms with van der Waals surface area (Å²) in [5, 5.41) is 3.39. The maximum absolute atomic E-state index is 3.39. The molecule has 0 unspecified atom stereocenters. The van der Waals surface area contributed by atoms with E-state index in [4.69, 9.17) is 0 Å². The van der Waals surface area contributed by atoms with E-state index in [9.17, 15) is 0 Å². The van der Waals surface area contributed by atoms with Gasteiger partial charge in [-0.05, 0) is 31.8 Å². The third-order valence-corrected chi connectivity index (χ3v) is 1.98. The highest BCUT2D eigenvalue weighted by Crippen LogP contribution is 2.12. The smallest absolute Gasteiger partial charge is 0 e. The molecule has 1 rings (SSSR count). The van der Waals surface area contributed by atoms with Crippen molar-refractivity contribution in [2.45, 2.75) is 26.2 Å². The van der Waals surface area contributed by atoms with Gasteiger partial charge in [-0.2, -0.15) is 0 Å². The molecule has 1 fully saturated rings. The first-order chi connectivity index (χ1) is 3.93. The molecule has 1 saturated heterocycles. The summed E-state index contributed by atoms with van der Waals surface area (Å²) in [5.74, 6) is 0.976. The lowest BCUT2D eigenvalue weighted by molar-refractivity contribution is 0.369. The summed E-state index contributed by atoms with van der Waals surface area (Å²) < 4.78 is 0. The van der Waals surface area contributed by atoms with Crippen molar-refractivity contribution in [2.75, 3.05) is 13.1 Å². The topological polar surface area (TPSA) is 12.0 Å². The molecule has 1 aliphatic heterocycles. The van der Waals surface area contributed by atoms with Gasteiger partial charge in [0.1, 0.15) is 0 Å². The molecule has 0 radical (unpaired) electrons. The van der Waals surface area contributed by atoms with Crippen LogP contribution in [-0.4, -0.2) is 13.1 Å². The second-order valence-corrected chi connectivity index (χ2v) is 2.62. The van der Waals surface area contributed by atoms with Crippen molar-refractivity contribution in [1.82, 2.24) is 5.32 Å². The third kappa shape index (κ3) is 1.48. The highest BCUT2D eigenvalue weighted by atomic mass is 14.9. The van der Waals surface area contributed by atoms with E-state index in [2.05, 4.69) is 12.2 Å². The van der Waals surface area contributed by atoms with Gasteiger partial charge in [0.2, 0.25) is 0 Å². The zero-order valence-corrected chi connectivity index (χ0v) is 5.61. The Bertz CT molecular complexity index is 59.9. The van der Waals surface area contributed by atoms with Gasteiger partial charge in [-0.3, -0.25) is 0 Å². The van der Waals surface area contributed by atoms with Gasteiger partial charge >= 0.3 is 0 Å². The summed E-state index contributed by atoms with van der Waals surface area (Å²) in [6.07, 6.45) is 4.19. The lowest BCUT2D eigenvalue weighted by Gasteiger charge is -2.20. The highest BCUT2D eigenvalue weighted by Gasteiger charge is 2.08. The summed E-state index contributed by atoms with van der Waals surface area (Å²) in [6, 6.07) is 0. The number of rotatable bonds is 1. The molecule has 1 heteroatoms. The summed E-state index contributed by atoms with van der Waals surface area (Å²) in [5.41, 5.74) is 0. The lowest BCUT2D eigenvalue weighted by Crippen LogP contribution is -2.29. The zero-order valence-electron chi connectivity index (χ0n) is 5.61. The molecule has 1 aliphatic rings. The molecule has 1 nitrogen and oxygen atoms in total. The Morgan fingerprint density at radius 3 is 3.00 bits per heavy atom. The average molecular weight is 115 g/mol. The summed E-state index contributed by atoms with van der Waals surface area (Å²) in [7, 11) is 0. The van der Waals surface area contributed by atoms with E-state index in [0.29, 0.717) is 0 Å². The maximum Gasteiger partial charge on any atom is 0 e. The van der Waals surface area contributed by atoms with Crippen molar-refractivity contribution in [2.24, 2.45) is 5.92 Å². The molecule has 0 amide bonds. The Balaban J connectivity index is 0.000000640. The SMILES string of the molecule is CC[C@H]1CCCNC1.[HH]. The van der Waals surface area contributed by atoms with Crippen LogP contribution in [0.3, 0.4) is 0 Å². The Kier molecular flexibility index (Phi) is 2.34. The van der Waals surface area contributed by atoms with Crippen LogP contribution in [0.1, 0.15) is 27.6 Å². The first-order valence-electron chi connectivity index (χ1n) is 3.64. The minimum absolute atomic E-state index is 0. The van der Waals surface area contributed by atoms with Crippen LogP contribution in [0.2, 0.25) is 0 Å². The molecule has 0 bridgehead atoms. The molecule has 0 aromatic rings. The molecular weight excluding hydrogens is 98.1 g/mol. The van der Waals surface area contributed by atoms with E-state index < -0.39 is 0 Å². The van der Waals surface area contributed by atoms with Crippen LogP contribution >= 0.6 is 0 Å². The molecular formula is C7H17N. The highest BCUT2D eigenvalue weighted by molar-refractivity contribution is 4.66. The van der Waals surface area contributed by atoms with Crippen LogP contribution in [0.5, 0.6) is 0 Å². The van der Waals surface area contributed by atoms with Crippen molar-refractivity contribution in [3.05, 3.63) is 0 Å². The summed E-state index contributed by atoms with van der Waals surface area (Å²) in [6.45, 7) is 4.78. The number of hydrogen-bond acceptors (Lipinski definition) is 1. The van der Waals surface area contributed by atoms with Crippen LogP contribution < -0.4 is 5.32 Å². The Labute approximate surface area is 53.0 Å². The minimum atomic E-state index is 0. The largest absolute Gasteiger partial charge is 0.316 e. The van der Waals surface area contributed by atoms with E-state index in [-0.39, 0.29) is 1.43 Å². The molecule has 0 aliphatic carbocycles. The maximum atomic E-state index is 3.39. The van der Waals surface area contributed by atoms with Gasteiger partial charge in [-0.15, -0.1) is 0 Å². The fourth-order valence-corrected chi connectivity index (χ4v) is 1.27. The third-order valence-electron chi connectivity index (χ3n) is 1.98. The molecule has 1 atom stereocenters. The van der Waals surface area contributed by atoms with Crippen molar-refractivity contribution < 1.29 is 1.43 Å². The van der Waals surface area contributed by atoms with Gasteiger partial charge in [0, 0.05) is 1.43 Å². The zero-order chi connectivity index (χ0) is 5.82. The number of piperidine rings is 1. The molecule has 50 valence electrons. The molecule has 1 heterocycles. The number of hydrogen-bond donors (Lipinski definition) is 1. The van der Waals surface area contributed by atoms with E-state index in [1.807, 2.05) is 0 Å². The van der Waals surface area contributed by atoms with Crippen molar-refractivity contribution in [3.8, 4) is 0 Å². The van der Waals surface area contributed by atoms with Gasteiger partial charge in [0.25, 0.3) is 0 Å². The van der Waals surface area contributed by atoms with Gasteiger partial charge in [-0.1, -0.05) is 13.3 Å². The molecule has 0 saturated carbocycles. The van der Waals surface area contributed by atoms with Gasteiger partial charge in [0.05, 0.1) is 0 Å². The fraction of sp³-hybridized carbons (Fsp3) is 1.00. The first-order valence-corrected chi connectivity index (χ1v) is 3.64. The van der Waals surface area contributed by atoms with E-state index in [1.54, 1.807) is 0 Å². The molecule has 0 aromatic heterocycles. The predicted molar refractivity (Wildman–Crippen MR) is 38.0 cm³/mol. The quantitative estimate of drug-likeness (QED) is 0.548. The normalized spacial score (nSPS) is 30.4. The Hall–Kier alpha value is -0.0400. The average Bonchev–Trinajstić information content (AvgIpc) is 1.90. The van der Waals surface area contributed by atoms with Crippen LogP contribution in [0, 0.1) is 5.92 Å². The van der Waals surface area contributed by atoms with E-state index in [1.165, 1.54) is 32.4 Å².